The Bertz CT molecular complexity index is 132. The molecule has 1 unspecified atom stereocenters. The summed E-state index contributed by atoms with van der Waals surface area (Å²) in [5, 5.41) is 7.49. The molecule has 3 heteroatoms. The molecule has 0 aromatic heterocycles. The van der Waals surface area contributed by atoms with Gasteiger partial charge in [0.2, 0.25) is 0 Å². The average molecular weight is 124 g/mol. The van der Waals surface area contributed by atoms with Crippen LogP contribution in [0.1, 0.15) is 0 Å². The first-order valence-electron chi connectivity index (χ1n) is 3.28. The summed E-state index contributed by atoms with van der Waals surface area (Å²) in [6.45, 7) is 3.00. The molecule has 0 spiro atoms. The molecular weight excluding hydrogens is 114 g/mol. The van der Waals surface area contributed by atoms with Gasteiger partial charge < -0.3 is 10.2 Å². The van der Waals surface area contributed by atoms with E-state index in [4.69, 9.17) is 0 Å². The molecule has 2 aliphatic rings. The lowest BCUT2D eigenvalue weighted by Crippen LogP contribution is -2.48. The number of fused-ring (bicyclic) bond motifs is 1. The van der Waals surface area contributed by atoms with Gasteiger partial charge in [-0.15, -0.1) is 0 Å². The Hall–Kier alpha value is -0.700. The minimum absolute atomic E-state index is 0.471. The van der Waals surface area contributed by atoms with Gasteiger partial charge in [0.1, 0.15) is 6.17 Å². The summed E-state index contributed by atoms with van der Waals surface area (Å²) in [5.74, 6) is 0. The molecule has 0 saturated carbocycles. The predicted octanol–water partition coefficient (Wildman–Crippen LogP) is -0.693. The molecule has 0 aliphatic carbocycles. The number of nitrogens with one attached hydrogen (secondary N) is 1. The molecule has 1 saturated heterocycles. The molecule has 0 aromatic carbocycles. The van der Waals surface area contributed by atoms with Crippen molar-refractivity contribution in [2.24, 2.45) is 0 Å². The van der Waals surface area contributed by atoms with Crippen molar-refractivity contribution < 1.29 is 0 Å². The summed E-state index contributed by atoms with van der Waals surface area (Å²) >= 11 is 0. The smallest absolute Gasteiger partial charge is 0.113 e. The third-order valence-electron chi connectivity index (χ3n) is 1.77. The summed E-state index contributed by atoms with van der Waals surface area (Å²) in [5.41, 5.74) is 0. The molecule has 2 rings (SSSR count). The minimum Gasteiger partial charge on any atom is -0.369 e. The van der Waals surface area contributed by atoms with E-state index in [1.807, 2.05) is 6.20 Å². The van der Waals surface area contributed by atoms with Crippen LogP contribution in [0.15, 0.2) is 12.4 Å². The maximum absolute atomic E-state index is 4.28. The third-order valence-corrected chi connectivity index (χ3v) is 1.77. The fraction of sp³-hybridized carbons (Fsp3) is 0.667. The van der Waals surface area contributed by atoms with E-state index in [1.54, 1.807) is 0 Å². The minimum atomic E-state index is 0.471. The molecule has 1 atom stereocenters. The van der Waals surface area contributed by atoms with Crippen molar-refractivity contribution in [3.05, 3.63) is 12.4 Å². The second-order valence-electron chi connectivity index (χ2n) is 2.37. The van der Waals surface area contributed by atoms with Crippen molar-refractivity contribution in [3.63, 3.8) is 0 Å². The van der Waals surface area contributed by atoms with Gasteiger partial charge in [-0.05, 0) is 0 Å². The van der Waals surface area contributed by atoms with Gasteiger partial charge >= 0.3 is 0 Å². The van der Waals surface area contributed by atoms with Crippen molar-refractivity contribution in [3.8, 4) is 0 Å². The average Bonchev–Trinajstić information content (AvgIpc) is 2.33. The van der Waals surface area contributed by atoms with E-state index in [9.17, 15) is 0 Å². The van der Waals surface area contributed by atoms with E-state index in [-0.39, 0.29) is 0 Å². The van der Waals surface area contributed by atoms with Gasteiger partial charge in [-0.25, -0.2) is 5.32 Å². The van der Waals surface area contributed by atoms with Crippen molar-refractivity contribution in [1.29, 1.82) is 0 Å². The van der Waals surface area contributed by atoms with Crippen molar-refractivity contribution in [2.75, 3.05) is 19.6 Å². The highest BCUT2D eigenvalue weighted by atomic mass is 15.3. The highest BCUT2D eigenvalue weighted by Gasteiger charge is 2.21. The zero-order valence-corrected chi connectivity index (χ0v) is 5.25. The Morgan fingerprint density at radius 1 is 1.67 bits per heavy atom. The number of hydrogen-bond acceptors (Lipinski definition) is 2. The van der Waals surface area contributed by atoms with Crippen LogP contribution in [0.4, 0.5) is 0 Å². The molecule has 1 N–H and O–H groups in total. The number of rotatable bonds is 0. The lowest BCUT2D eigenvalue weighted by molar-refractivity contribution is 0.228. The maximum atomic E-state index is 4.28. The largest absolute Gasteiger partial charge is 0.369 e. The van der Waals surface area contributed by atoms with Crippen LogP contribution in [0.25, 0.3) is 0 Å². The Morgan fingerprint density at radius 2 is 2.67 bits per heavy atom. The molecule has 0 aromatic rings. The first-order chi connectivity index (χ1) is 4.47. The Kier molecular flexibility index (Phi) is 1.09. The molecule has 1 fully saturated rings. The Labute approximate surface area is 54.7 Å². The van der Waals surface area contributed by atoms with Crippen LogP contribution in [0.2, 0.25) is 0 Å². The fourth-order valence-electron chi connectivity index (χ4n) is 1.24. The molecule has 0 bridgehead atoms. The standard InChI is InChI=1S/C6H10N3/c1-3-9-4-2-8-6(9)5-7-1/h2,4,6,8H,1,3,5H2. The monoisotopic (exact) mass is 124 g/mol. The van der Waals surface area contributed by atoms with Crippen molar-refractivity contribution in [2.45, 2.75) is 6.17 Å². The second-order valence-corrected chi connectivity index (χ2v) is 2.37. The summed E-state index contributed by atoms with van der Waals surface area (Å²) in [7, 11) is 0. The molecule has 49 valence electrons. The van der Waals surface area contributed by atoms with Crippen LogP contribution < -0.4 is 10.6 Å². The number of piperazine rings is 1. The molecule has 2 heterocycles. The van der Waals surface area contributed by atoms with Crippen LogP contribution in [0, 0.1) is 0 Å². The van der Waals surface area contributed by atoms with E-state index < -0.39 is 0 Å². The maximum Gasteiger partial charge on any atom is 0.113 e. The molecule has 9 heavy (non-hydrogen) atoms. The van der Waals surface area contributed by atoms with E-state index >= 15 is 0 Å². The first kappa shape index (κ1) is 5.11. The van der Waals surface area contributed by atoms with Gasteiger partial charge in [0.25, 0.3) is 0 Å². The van der Waals surface area contributed by atoms with Crippen LogP contribution in [-0.4, -0.2) is 30.7 Å². The molecule has 1 radical (unpaired) electrons. The van der Waals surface area contributed by atoms with Gasteiger partial charge in [-0.3, -0.25) is 0 Å². The van der Waals surface area contributed by atoms with Crippen molar-refractivity contribution in [1.82, 2.24) is 15.5 Å². The second kappa shape index (κ2) is 1.92. The number of nitrogens with zero attached hydrogens (tertiary/aromatic N) is 2. The lowest BCUT2D eigenvalue weighted by Gasteiger charge is -2.29. The van der Waals surface area contributed by atoms with Crippen LogP contribution in [0.3, 0.4) is 0 Å². The topological polar surface area (TPSA) is 29.4 Å². The van der Waals surface area contributed by atoms with E-state index in [0.717, 1.165) is 19.6 Å². The van der Waals surface area contributed by atoms with Crippen molar-refractivity contribution >= 4 is 0 Å². The molecular formula is C6H10N3. The fourth-order valence-corrected chi connectivity index (χ4v) is 1.24. The quantitative estimate of drug-likeness (QED) is 0.463. The zero-order valence-electron chi connectivity index (χ0n) is 5.25. The van der Waals surface area contributed by atoms with Gasteiger partial charge in [0.05, 0.1) is 6.54 Å². The third kappa shape index (κ3) is 0.772. The van der Waals surface area contributed by atoms with Crippen LogP contribution >= 0.6 is 0 Å². The SMILES string of the molecule is C1=CN2CC[N]CC2N1. The zero-order chi connectivity index (χ0) is 6.10. The first-order valence-corrected chi connectivity index (χ1v) is 3.28. The molecule has 0 amide bonds. The predicted molar refractivity (Wildman–Crippen MR) is 34.6 cm³/mol. The Morgan fingerprint density at radius 3 is 3.56 bits per heavy atom. The highest BCUT2D eigenvalue weighted by molar-refractivity contribution is 4.96. The van der Waals surface area contributed by atoms with Gasteiger partial charge in [-0.2, -0.15) is 0 Å². The normalized spacial score (nSPS) is 32.0. The van der Waals surface area contributed by atoms with Crippen LogP contribution in [0.5, 0.6) is 0 Å². The summed E-state index contributed by atoms with van der Waals surface area (Å²) in [6, 6.07) is 0. The van der Waals surface area contributed by atoms with E-state index in [0.29, 0.717) is 6.17 Å². The summed E-state index contributed by atoms with van der Waals surface area (Å²) in [6.07, 6.45) is 4.56. The van der Waals surface area contributed by atoms with Gasteiger partial charge in [-0.1, -0.05) is 0 Å². The summed E-state index contributed by atoms with van der Waals surface area (Å²) < 4.78 is 0. The lowest BCUT2D eigenvalue weighted by atomic mass is 10.3. The van der Waals surface area contributed by atoms with E-state index in [2.05, 4.69) is 21.7 Å². The van der Waals surface area contributed by atoms with E-state index in [1.165, 1.54) is 0 Å². The summed E-state index contributed by atoms with van der Waals surface area (Å²) in [4.78, 5) is 2.28. The molecule has 2 aliphatic heterocycles. The highest BCUT2D eigenvalue weighted by Crippen LogP contribution is 2.05. The number of hydrogen-bond donors (Lipinski definition) is 1. The Balaban J connectivity index is 2.03. The van der Waals surface area contributed by atoms with Gasteiger partial charge in [0.15, 0.2) is 0 Å². The van der Waals surface area contributed by atoms with Crippen LogP contribution in [-0.2, 0) is 0 Å². The molecule has 3 nitrogen and oxygen atoms in total. The van der Waals surface area contributed by atoms with Gasteiger partial charge in [0, 0.05) is 25.5 Å².